The van der Waals surface area contributed by atoms with Crippen LogP contribution < -0.4 is 0 Å². The van der Waals surface area contributed by atoms with Gasteiger partial charge in [0.15, 0.2) is 23.8 Å². The minimum absolute atomic E-state index is 0.00808. The van der Waals surface area contributed by atoms with Crippen molar-refractivity contribution in [3.05, 3.63) is 107 Å². The van der Waals surface area contributed by atoms with Gasteiger partial charge >= 0.3 is 0 Å². The lowest BCUT2D eigenvalue weighted by Gasteiger charge is -2.00. The second kappa shape index (κ2) is 6.82. The van der Waals surface area contributed by atoms with E-state index in [9.17, 15) is 9.59 Å². The molecule has 4 heteroatoms. The van der Waals surface area contributed by atoms with Crippen LogP contribution in [0.15, 0.2) is 84.9 Å². The molecule has 2 aliphatic rings. The van der Waals surface area contributed by atoms with Crippen LogP contribution in [0.1, 0.15) is 44.1 Å². The third-order valence-electron chi connectivity index (χ3n) is 5.21. The summed E-state index contributed by atoms with van der Waals surface area (Å²) >= 11 is 0. The van der Waals surface area contributed by atoms with E-state index in [1.165, 1.54) is 0 Å². The Hall–Kier alpha value is -3.08. The molecule has 4 nitrogen and oxygen atoms in total. The van der Waals surface area contributed by atoms with E-state index in [2.05, 4.69) is 0 Å². The molecule has 2 aliphatic heterocycles. The minimum Gasteiger partial charge on any atom is -0.356 e. The lowest BCUT2D eigenvalue weighted by atomic mass is 9.99. The molecule has 2 saturated heterocycles. The van der Waals surface area contributed by atoms with E-state index in [0.29, 0.717) is 11.1 Å². The molecule has 0 amide bonds. The summed E-state index contributed by atoms with van der Waals surface area (Å²) in [7, 11) is 0. The Morgan fingerprint density at radius 2 is 0.893 bits per heavy atom. The van der Waals surface area contributed by atoms with Crippen LogP contribution in [0.3, 0.4) is 0 Å². The second-order valence-electron chi connectivity index (χ2n) is 7.08. The fourth-order valence-corrected chi connectivity index (χ4v) is 3.54. The number of epoxide rings is 2. The third kappa shape index (κ3) is 3.17. The Balaban J connectivity index is 1.23. The fourth-order valence-electron chi connectivity index (χ4n) is 3.54. The Kier molecular flexibility index (Phi) is 4.15. The van der Waals surface area contributed by atoms with Crippen LogP contribution in [0.25, 0.3) is 0 Å². The van der Waals surface area contributed by atoms with E-state index in [-0.39, 0.29) is 23.8 Å². The zero-order chi connectivity index (χ0) is 19.1. The number of carbonyl (C=O) groups is 2. The number of benzene rings is 3. The maximum Gasteiger partial charge on any atom is 0.194 e. The Morgan fingerprint density at radius 1 is 0.536 bits per heavy atom. The molecule has 0 aromatic heterocycles. The highest BCUT2D eigenvalue weighted by atomic mass is 16.6. The van der Waals surface area contributed by atoms with Crippen LogP contribution in [-0.4, -0.2) is 23.8 Å². The van der Waals surface area contributed by atoms with E-state index in [0.717, 1.165) is 11.1 Å². The molecular weight excluding hydrogens is 352 g/mol. The highest BCUT2D eigenvalue weighted by Gasteiger charge is 2.48. The van der Waals surface area contributed by atoms with E-state index >= 15 is 0 Å². The molecule has 4 atom stereocenters. The summed E-state index contributed by atoms with van der Waals surface area (Å²) < 4.78 is 11.2. The zero-order valence-electron chi connectivity index (χ0n) is 15.0. The van der Waals surface area contributed by atoms with E-state index in [4.69, 9.17) is 9.47 Å². The number of hydrogen-bond donors (Lipinski definition) is 0. The van der Waals surface area contributed by atoms with Crippen molar-refractivity contribution in [1.29, 1.82) is 0 Å². The molecule has 0 bridgehead atoms. The van der Waals surface area contributed by atoms with Crippen LogP contribution in [0, 0.1) is 0 Å². The lowest BCUT2D eigenvalue weighted by molar-refractivity contribution is 0.0947. The van der Waals surface area contributed by atoms with Crippen molar-refractivity contribution < 1.29 is 19.1 Å². The highest BCUT2D eigenvalue weighted by Crippen LogP contribution is 2.44. The second-order valence-corrected chi connectivity index (χ2v) is 7.08. The van der Waals surface area contributed by atoms with Crippen molar-refractivity contribution in [2.75, 3.05) is 0 Å². The van der Waals surface area contributed by atoms with Gasteiger partial charge in [0.2, 0.25) is 0 Å². The molecule has 2 heterocycles. The van der Waals surface area contributed by atoms with Gasteiger partial charge in [-0.15, -0.1) is 0 Å². The number of ketones is 2. The summed E-state index contributed by atoms with van der Waals surface area (Å²) in [5.74, 6) is 0.0162. The van der Waals surface area contributed by atoms with Crippen LogP contribution in [-0.2, 0) is 9.47 Å². The predicted molar refractivity (Wildman–Crippen MR) is 103 cm³/mol. The van der Waals surface area contributed by atoms with Gasteiger partial charge in [-0.3, -0.25) is 9.59 Å². The molecular formula is C24H18O4. The first kappa shape index (κ1) is 17.0. The molecule has 0 N–H and O–H groups in total. The van der Waals surface area contributed by atoms with Gasteiger partial charge in [-0.1, -0.05) is 84.9 Å². The topological polar surface area (TPSA) is 59.2 Å². The first-order chi connectivity index (χ1) is 13.7. The Labute approximate surface area is 162 Å². The molecule has 0 aliphatic carbocycles. The SMILES string of the molecule is O=C(c1ccccc1)[C@H]1O[C@@H]1c1ccc([C@H]2O[C@@H]2C(=O)c2ccccc2)cc1. The van der Waals surface area contributed by atoms with Crippen LogP contribution in [0.5, 0.6) is 0 Å². The van der Waals surface area contributed by atoms with Gasteiger partial charge in [-0.2, -0.15) is 0 Å². The predicted octanol–water partition coefficient (Wildman–Crippen LogP) is 4.33. The summed E-state index contributed by atoms with van der Waals surface area (Å²) in [6.07, 6.45) is -1.25. The van der Waals surface area contributed by atoms with Crippen molar-refractivity contribution in [3.63, 3.8) is 0 Å². The van der Waals surface area contributed by atoms with Crippen molar-refractivity contribution in [2.24, 2.45) is 0 Å². The monoisotopic (exact) mass is 370 g/mol. The van der Waals surface area contributed by atoms with Gasteiger partial charge in [0.1, 0.15) is 12.2 Å². The molecule has 138 valence electrons. The highest BCUT2D eigenvalue weighted by molar-refractivity contribution is 6.02. The third-order valence-corrected chi connectivity index (χ3v) is 5.21. The molecule has 28 heavy (non-hydrogen) atoms. The molecule has 0 unspecified atom stereocenters. The average Bonchev–Trinajstić information content (AvgIpc) is 3.68. The summed E-state index contributed by atoms with van der Waals surface area (Å²) in [6, 6.07) is 26.2. The summed E-state index contributed by atoms with van der Waals surface area (Å²) in [5, 5.41) is 0. The normalized spacial score (nSPS) is 25.1. The van der Waals surface area contributed by atoms with Gasteiger partial charge in [0, 0.05) is 11.1 Å². The molecule has 0 radical (unpaired) electrons. The average molecular weight is 370 g/mol. The van der Waals surface area contributed by atoms with Gasteiger partial charge < -0.3 is 9.47 Å². The number of rotatable bonds is 6. The van der Waals surface area contributed by atoms with Crippen LogP contribution in [0.4, 0.5) is 0 Å². The largest absolute Gasteiger partial charge is 0.356 e. The minimum atomic E-state index is -0.419. The van der Waals surface area contributed by atoms with Gasteiger partial charge in [-0.25, -0.2) is 0 Å². The van der Waals surface area contributed by atoms with E-state index in [1.54, 1.807) is 24.3 Å². The number of hydrogen-bond acceptors (Lipinski definition) is 4. The van der Waals surface area contributed by atoms with Gasteiger partial charge in [-0.05, 0) is 11.1 Å². The van der Waals surface area contributed by atoms with Crippen LogP contribution >= 0.6 is 0 Å². The fraction of sp³-hybridized carbons (Fsp3) is 0.167. The molecule has 2 fully saturated rings. The van der Waals surface area contributed by atoms with Crippen LogP contribution in [0.2, 0.25) is 0 Å². The summed E-state index contributed by atoms with van der Waals surface area (Å²) in [6.45, 7) is 0. The maximum atomic E-state index is 12.4. The van der Waals surface area contributed by atoms with Crippen molar-refractivity contribution >= 4 is 11.6 Å². The number of Topliss-reactive ketones (excluding diaryl/α,β-unsaturated/α-hetero) is 2. The maximum absolute atomic E-state index is 12.4. The molecule has 5 rings (SSSR count). The quantitative estimate of drug-likeness (QED) is 0.479. The summed E-state index contributed by atoms with van der Waals surface area (Å²) in [4.78, 5) is 24.9. The van der Waals surface area contributed by atoms with Crippen molar-refractivity contribution in [1.82, 2.24) is 0 Å². The first-order valence-electron chi connectivity index (χ1n) is 9.32. The van der Waals surface area contributed by atoms with Crippen molar-refractivity contribution in [2.45, 2.75) is 24.4 Å². The Bertz CT molecular complexity index is 927. The number of ether oxygens (including phenoxy) is 2. The first-order valence-corrected chi connectivity index (χ1v) is 9.32. The van der Waals surface area contributed by atoms with Gasteiger partial charge in [0.05, 0.1) is 0 Å². The van der Waals surface area contributed by atoms with E-state index in [1.807, 2.05) is 60.7 Å². The van der Waals surface area contributed by atoms with E-state index < -0.39 is 12.2 Å². The summed E-state index contributed by atoms with van der Waals surface area (Å²) in [5.41, 5.74) is 3.26. The van der Waals surface area contributed by atoms with Gasteiger partial charge in [0.25, 0.3) is 0 Å². The molecule has 0 saturated carbocycles. The van der Waals surface area contributed by atoms with Crippen molar-refractivity contribution in [3.8, 4) is 0 Å². The smallest absolute Gasteiger partial charge is 0.194 e. The molecule has 3 aromatic rings. The lowest BCUT2D eigenvalue weighted by Crippen LogP contribution is -2.08. The molecule has 0 spiro atoms. The number of carbonyl (C=O) groups excluding carboxylic acids is 2. The molecule has 3 aromatic carbocycles. The standard InChI is InChI=1S/C24H18O4/c25-19(15-7-3-1-4-8-15)23-21(27-23)17-11-13-18(14-12-17)22-24(28-22)20(26)16-9-5-2-6-10-16/h1-14,21-24H/t21-,22-,23-,24-/m1/s1. The zero-order valence-corrected chi connectivity index (χ0v) is 15.0. The Morgan fingerprint density at radius 3 is 1.25 bits per heavy atom.